The highest BCUT2D eigenvalue weighted by atomic mass is 15.2. The third kappa shape index (κ3) is 3.49. The summed E-state index contributed by atoms with van der Waals surface area (Å²) >= 11 is 0. The molecule has 3 atom stereocenters. The number of rotatable bonds is 5. The van der Waals surface area contributed by atoms with Crippen molar-refractivity contribution in [2.45, 2.75) is 71.0 Å². The Morgan fingerprint density at radius 2 is 2.00 bits per heavy atom. The molecule has 2 rings (SSSR count). The zero-order valence-corrected chi connectivity index (χ0v) is 12.9. The molecule has 0 amide bonds. The van der Waals surface area contributed by atoms with Crippen LogP contribution in [0.15, 0.2) is 0 Å². The molecule has 2 aliphatic rings. The molecule has 3 heteroatoms. The molecule has 3 nitrogen and oxygen atoms in total. The number of piperidine rings is 1. The van der Waals surface area contributed by atoms with Crippen molar-refractivity contribution >= 4 is 0 Å². The predicted octanol–water partition coefficient (Wildman–Crippen LogP) is 2.78. The molecule has 1 saturated carbocycles. The van der Waals surface area contributed by atoms with Crippen molar-refractivity contribution in [2.75, 3.05) is 13.1 Å². The molecule has 3 unspecified atom stereocenters. The Hall–Kier alpha value is -0.590. The Labute approximate surface area is 118 Å². The summed E-state index contributed by atoms with van der Waals surface area (Å²) in [5, 5.41) is 13.3. The van der Waals surface area contributed by atoms with Gasteiger partial charge in [-0.15, -0.1) is 0 Å². The summed E-state index contributed by atoms with van der Waals surface area (Å²) in [6.07, 6.45) is 4.98. The highest BCUT2D eigenvalue weighted by molar-refractivity contribution is 5.17. The fraction of sp³-hybridized carbons (Fsp3) is 0.938. The second-order valence-corrected chi connectivity index (χ2v) is 7.11. The molecule has 0 bridgehead atoms. The molecule has 108 valence electrons. The van der Waals surface area contributed by atoms with Crippen LogP contribution in [0.2, 0.25) is 0 Å². The van der Waals surface area contributed by atoms with Gasteiger partial charge in [-0.2, -0.15) is 5.26 Å². The molecule has 1 heterocycles. The lowest BCUT2D eigenvalue weighted by atomic mass is 9.88. The summed E-state index contributed by atoms with van der Waals surface area (Å²) in [7, 11) is 0. The van der Waals surface area contributed by atoms with Gasteiger partial charge < -0.3 is 0 Å². The highest BCUT2D eigenvalue weighted by Gasteiger charge is 2.47. The Bertz CT molecular complexity index is 342. The number of nitriles is 1. The number of hydrogen-bond donors (Lipinski definition) is 1. The summed E-state index contributed by atoms with van der Waals surface area (Å²) in [6, 6.07) is 3.62. The standard InChI is InChI=1S/C16H29N3/c1-12(2)18-16(10-17,15-5-6-15)11-19-8-7-13(3)9-14(19)4/h12-15,18H,5-9,11H2,1-4H3. The van der Waals surface area contributed by atoms with E-state index in [0.717, 1.165) is 19.0 Å². The van der Waals surface area contributed by atoms with Gasteiger partial charge in [-0.25, -0.2) is 0 Å². The molecular formula is C16H29N3. The monoisotopic (exact) mass is 263 g/mol. The lowest BCUT2D eigenvalue weighted by Gasteiger charge is -2.42. The summed E-state index contributed by atoms with van der Waals surface area (Å²) in [4.78, 5) is 2.54. The zero-order valence-electron chi connectivity index (χ0n) is 12.9. The van der Waals surface area contributed by atoms with Crippen molar-refractivity contribution in [1.29, 1.82) is 5.26 Å². The van der Waals surface area contributed by atoms with E-state index in [4.69, 9.17) is 0 Å². The smallest absolute Gasteiger partial charge is 0.122 e. The molecule has 1 N–H and O–H groups in total. The van der Waals surface area contributed by atoms with Crippen LogP contribution in [-0.2, 0) is 0 Å². The van der Waals surface area contributed by atoms with Gasteiger partial charge in [0.2, 0.25) is 0 Å². The number of likely N-dealkylation sites (tertiary alicyclic amines) is 1. The fourth-order valence-corrected chi connectivity index (χ4v) is 3.55. The van der Waals surface area contributed by atoms with E-state index in [1.807, 2.05) is 0 Å². The molecule has 0 aromatic heterocycles. The Morgan fingerprint density at radius 1 is 1.32 bits per heavy atom. The van der Waals surface area contributed by atoms with Gasteiger partial charge >= 0.3 is 0 Å². The normalized spacial score (nSPS) is 32.0. The maximum absolute atomic E-state index is 9.77. The van der Waals surface area contributed by atoms with Crippen LogP contribution in [0, 0.1) is 23.2 Å². The molecule has 1 aliphatic carbocycles. The third-order valence-corrected chi connectivity index (χ3v) is 4.75. The van der Waals surface area contributed by atoms with Crippen molar-refractivity contribution in [2.24, 2.45) is 11.8 Å². The second-order valence-electron chi connectivity index (χ2n) is 7.11. The minimum atomic E-state index is -0.316. The number of hydrogen-bond acceptors (Lipinski definition) is 3. The van der Waals surface area contributed by atoms with Gasteiger partial charge in [-0.05, 0) is 64.8 Å². The van der Waals surface area contributed by atoms with Crippen molar-refractivity contribution < 1.29 is 0 Å². The molecular weight excluding hydrogens is 234 g/mol. The summed E-state index contributed by atoms with van der Waals surface area (Å²) in [5.41, 5.74) is -0.316. The van der Waals surface area contributed by atoms with Crippen LogP contribution in [0.4, 0.5) is 0 Å². The fourth-order valence-electron chi connectivity index (χ4n) is 3.55. The van der Waals surface area contributed by atoms with Gasteiger partial charge in [-0.1, -0.05) is 6.92 Å². The SMILES string of the molecule is CC1CCN(CC(C#N)(NC(C)C)C2CC2)C(C)C1. The molecule has 1 saturated heterocycles. The van der Waals surface area contributed by atoms with E-state index in [1.54, 1.807) is 0 Å². The first-order valence-corrected chi connectivity index (χ1v) is 7.90. The molecule has 0 aromatic rings. The van der Waals surface area contributed by atoms with E-state index in [0.29, 0.717) is 18.0 Å². The molecule has 0 spiro atoms. The average Bonchev–Trinajstić information content (AvgIpc) is 3.15. The molecule has 19 heavy (non-hydrogen) atoms. The van der Waals surface area contributed by atoms with Gasteiger partial charge in [0.05, 0.1) is 6.07 Å². The Kier molecular flexibility index (Phi) is 4.53. The van der Waals surface area contributed by atoms with Gasteiger partial charge in [-0.3, -0.25) is 10.2 Å². The van der Waals surface area contributed by atoms with Crippen LogP contribution in [0.1, 0.15) is 53.4 Å². The van der Waals surface area contributed by atoms with Gasteiger partial charge in [0.15, 0.2) is 0 Å². The van der Waals surface area contributed by atoms with E-state index in [-0.39, 0.29) is 5.54 Å². The minimum absolute atomic E-state index is 0.316. The van der Waals surface area contributed by atoms with Crippen LogP contribution in [0.25, 0.3) is 0 Å². The summed E-state index contributed by atoms with van der Waals surface area (Å²) in [5.74, 6) is 1.40. The predicted molar refractivity (Wildman–Crippen MR) is 78.8 cm³/mol. The van der Waals surface area contributed by atoms with Gasteiger partial charge in [0.25, 0.3) is 0 Å². The average molecular weight is 263 g/mol. The van der Waals surface area contributed by atoms with Crippen LogP contribution in [0.5, 0.6) is 0 Å². The lowest BCUT2D eigenvalue weighted by Crippen LogP contribution is -2.59. The van der Waals surface area contributed by atoms with E-state index >= 15 is 0 Å². The number of nitrogens with zero attached hydrogens (tertiary/aromatic N) is 2. The largest absolute Gasteiger partial charge is 0.298 e. The molecule has 0 radical (unpaired) electrons. The Balaban J connectivity index is 2.05. The van der Waals surface area contributed by atoms with Crippen molar-refractivity contribution in [3.8, 4) is 6.07 Å². The van der Waals surface area contributed by atoms with Crippen LogP contribution < -0.4 is 5.32 Å². The maximum atomic E-state index is 9.77. The Morgan fingerprint density at radius 3 is 2.47 bits per heavy atom. The lowest BCUT2D eigenvalue weighted by molar-refractivity contribution is 0.0941. The van der Waals surface area contributed by atoms with Crippen molar-refractivity contribution in [1.82, 2.24) is 10.2 Å². The van der Waals surface area contributed by atoms with E-state index < -0.39 is 0 Å². The molecule has 0 aromatic carbocycles. The van der Waals surface area contributed by atoms with E-state index in [1.165, 1.54) is 25.7 Å². The van der Waals surface area contributed by atoms with E-state index in [9.17, 15) is 5.26 Å². The van der Waals surface area contributed by atoms with Crippen molar-refractivity contribution in [3.05, 3.63) is 0 Å². The first kappa shape index (κ1) is 14.8. The molecule has 1 aliphatic heterocycles. The van der Waals surface area contributed by atoms with Crippen LogP contribution in [-0.4, -0.2) is 35.6 Å². The molecule has 2 fully saturated rings. The number of nitrogens with one attached hydrogen (secondary N) is 1. The van der Waals surface area contributed by atoms with E-state index in [2.05, 4.69) is 44.0 Å². The quantitative estimate of drug-likeness (QED) is 0.829. The van der Waals surface area contributed by atoms with Crippen LogP contribution >= 0.6 is 0 Å². The first-order valence-electron chi connectivity index (χ1n) is 7.90. The third-order valence-electron chi connectivity index (χ3n) is 4.75. The van der Waals surface area contributed by atoms with Gasteiger partial charge in [0, 0.05) is 18.6 Å². The highest BCUT2D eigenvalue weighted by Crippen LogP contribution is 2.41. The minimum Gasteiger partial charge on any atom is -0.298 e. The topological polar surface area (TPSA) is 39.1 Å². The zero-order chi connectivity index (χ0) is 14.0. The second kappa shape index (κ2) is 5.81. The maximum Gasteiger partial charge on any atom is 0.122 e. The first-order chi connectivity index (χ1) is 8.97. The van der Waals surface area contributed by atoms with Crippen molar-refractivity contribution in [3.63, 3.8) is 0 Å². The van der Waals surface area contributed by atoms with Crippen LogP contribution in [0.3, 0.4) is 0 Å². The summed E-state index contributed by atoms with van der Waals surface area (Å²) in [6.45, 7) is 11.0. The van der Waals surface area contributed by atoms with Gasteiger partial charge in [0.1, 0.15) is 5.54 Å². The summed E-state index contributed by atoms with van der Waals surface area (Å²) < 4.78 is 0.